The van der Waals surface area contributed by atoms with Gasteiger partial charge in [0.1, 0.15) is 0 Å². The zero-order valence-electron chi connectivity index (χ0n) is 13.2. The topological polar surface area (TPSA) is 102 Å². The van der Waals surface area contributed by atoms with Crippen LogP contribution in [-0.4, -0.2) is 72.8 Å². The molecule has 2 aliphatic rings. The summed E-state index contributed by atoms with van der Waals surface area (Å²) >= 11 is 0. The molecular formula is C13H20F3N3O4S. The highest BCUT2D eigenvalue weighted by Gasteiger charge is 2.45. The first kappa shape index (κ1) is 20.7. The van der Waals surface area contributed by atoms with Crippen LogP contribution in [0.3, 0.4) is 0 Å². The maximum atomic E-state index is 11.6. The molecule has 0 saturated carbocycles. The quantitative estimate of drug-likeness (QED) is 0.728. The fourth-order valence-corrected chi connectivity index (χ4v) is 4.08. The number of nitriles is 1. The standard InChI is InChI=1S/C11H19N3O2S.C2HF3O2/c1-17(15,16)14-8-3-5-11(10-14)4-2-7-13(11)9-6-12;3-2(4,5)1(6)7/h2-5,7-10H2,1H3;(H,6,7). The summed E-state index contributed by atoms with van der Waals surface area (Å²) in [5.41, 5.74) is -0.0724. The first-order valence-electron chi connectivity index (χ1n) is 7.30. The molecule has 7 nitrogen and oxygen atoms in total. The first-order valence-corrected chi connectivity index (χ1v) is 9.14. The maximum Gasteiger partial charge on any atom is 0.490 e. The van der Waals surface area contributed by atoms with Crippen LogP contribution in [0.15, 0.2) is 0 Å². The Kier molecular flexibility index (Phi) is 6.60. The highest BCUT2D eigenvalue weighted by molar-refractivity contribution is 7.88. The van der Waals surface area contributed by atoms with Gasteiger partial charge < -0.3 is 5.11 Å². The Morgan fingerprint density at radius 3 is 2.21 bits per heavy atom. The van der Waals surface area contributed by atoms with E-state index in [1.807, 2.05) is 0 Å². The molecule has 24 heavy (non-hydrogen) atoms. The number of alkyl halides is 3. The zero-order valence-corrected chi connectivity index (χ0v) is 14.0. The molecule has 1 spiro atoms. The molecular weight excluding hydrogens is 351 g/mol. The lowest BCUT2D eigenvalue weighted by molar-refractivity contribution is -0.192. The van der Waals surface area contributed by atoms with Crippen molar-refractivity contribution in [3.8, 4) is 6.07 Å². The number of halogens is 3. The van der Waals surface area contributed by atoms with Gasteiger partial charge in [0.25, 0.3) is 0 Å². The number of piperidine rings is 1. The first-order chi connectivity index (χ1) is 10.9. The van der Waals surface area contributed by atoms with Crippen LogP contribution in [0.5, 0.6) is 0 Å². The van der Waals surface area contributed by atoms with Gasteiger partial charge in [0.15, 0.2) is 0 Å². The summed E-state index contributed by atoms with van der Waals surface area (Å²) < 4.78 is 56.6. The van der Waals surface area contributed by atoms with E-state index in [4.69, 9.17) is 15.2 Å². The molecule has 0 aromatic rings. The minimum Gasteiger partial charge on any atom is -0.475 e. The minimum atomic E-state index is -5.08. The largest absolute Gasteiger partial charge is 0.490 e. The van der Waals surface area contributed by atoms with Crippen LogP contribution >= 0.6 is 0 Å². The summed E-state index contributed by atoms with van der Waals surface area (Å²) in [7, 11) is -3.10. The fraction of sp³-hybridized carbons (Fsp3) is 0.846. The van der Waals surface area contributed by atoms with Crippen molar-refractivity contribution in [2.75, 3.05) is 32.4 Å². The molecule has 0 amide bonds. The van der Waals surface area contributed by atoms with Crippen molar-refractivity contribution in [2.24, 2.45) is 0 Å². The van der Waals surface area contributed by atoms with Crippen molar-refractivity contribution in [1.29, 1.82) is 5.26 Å². The van der Waals surface area contributed by atoms with Crippen molar-refractivity contribution < 1.29 is 31.5 Å². The second-order valence-corrected chi connectivity index (χ2v) is 7.89. The average Bonchev–Trinajstić information content (AvgIpc) is 2.80. The molecule has 2 rings (SSSR count). The lowest BCUT2D eigenvalue weighted by atomic mass is 9.87. The SMILES string of the molecule is CS(=O)(=O)N1CCCC2(CCCN2CC#N)C1.O=C(O)C(F)(F)F. The van der Waals surface area contributed by atoms with Crippen LogP contribution in [0, 0.1) is 11.3 Å². The predicted molar refractivity (Wildman–Crippen MR) is 78.5 cm³/mol. The van der Waals surface area contributed by atoms with Crippen LogP contribution in [0.25, 0.3) is 0 Å². The van der Waals surface area contributed by atoms with E-state index in [9.17, 15) is 21.6 Å². The molecule has 1 atom stereocenters. The van der Waals surface area contributed by atoms with Gasteiger partial charge in [-0.15, -0.1) is 0 Å². The number of aliphatic carboxylic acids is 1. The number of sulfonamides is 1. The number of carboxylic acids is 1. The second-order valence-electron chi connectivity index (χ2n) is 5.91. The summed E-state index contributed by atoms with van der Waals surface area (Å²) in [4.78, 5) is 11.1. The number of likely N-dealkylation sites (tertiary alicyclic amines) is 1. The zero-order chi connectivity index (χ0) is 18.6. The minimum absolute atomic E-state index is 0.0724. The maximum absolute atomic E-state index is 11.6. The number of carbonyl (C=O) groups is 1. The van der Waals surface area contributed by atoms with Crippen molar-refractivity contribution in [3.63, 3.8) is 0 Å². The third-order valence-corrected chi connectivity index (χ3v) is 5.48. The smallest absolute Gasteiger partial charge is 0.475 e. The Morgan fingerprint density at radius 2 is 1.79 bits per heavy atom. The Bertz CT molecular complexity index is 603. The van der Waals surface area contributed by atoms with Gasteiger partial charge in [-0.1, -0.05) is 0 Å². The monoisotopic (exact) mass is 371 g/mol. The Hall–Kier alpha value is -1.38. The van der Waals surface area contributed by atoms with Crippen molar-refractivity contribution in [1.82, 2.24) is 9.21 Å². The number of carboxylic acid groups (broad SMARTS) is 1. The number of hydrogen-bond acceptors (Lipinski definition) is 5. The van der Waals surface area contributed by atoms with E-state index in [2.05, 4.69) is 11.0 Å². The normalized spacial score (nSPS) is 25.8. The highest BCUT2D eigenvalue weighted by Crippen LogP contribution is 2.37. The molecule has 138 valence electrons. The molecule has 0 aromatic heterocycles. The number of hydrogen-bond donors (Lipinski definition) is 1. The van der Waals surface area contributed by atoms with E-state index >= 15 is 0 Å². The molecule has 2 saturated heterocycles. The van der Waals surface area contributed by atoms with Gasteiger partial charge in [0, 0.05) is 18.6 Å². The predicted octanol–water partition coefficient (Wildman–Crippen LogP) is 1.03. The van der Waals surface area contributed by atoms with Gasteiger partial charge in [-0.2, -0.15) is 18.4 Å². The van der Waals surface area contributed by atoms with Crippen LogP contribution in [0.4, 0.5) is 13.2 Å². The van der Waals surface area contributed by atoms with Gasteiger partial charge in [-0.3, -0.25) is 4.90 Å². The van der Waals surface area contributed by atoms with Gasteiger partial charge in [-0.25, -0.2) is 17.5 Å². The molecule has 1 N–H and O–H groups in total. The Balaban J connectivity index is 0.000000351. The Morgan fingerprint density at radius 1 is 1.29 bits per heavy atom. The summed E-state index contributed by atoms with van der Waals surface area (Å²) in [6.45, 7) is 2.53. The molecule has 0 radical (unpaired) electrons. The fourth-order valence-electron chi connectivity index (χ4n) is 3.14. The Labute approximate surface area is 138 Å². The van der Waals surface area contributed by atoms with Crippen LogP contribution in [0.2, 0.25) is 0 Å². The van der Waals surface area contributed by atoms with Crippen molar-refractivity contribution >= 4 is 16.0 Å². The van der Waals surface area contributed by atoms with Crippen LogP contribution in [-0.2, 0) is 14.8 Å². The van der Waals surface area contributed by atoms with E-state index in [0.29, 0.717) is 19.6 Å². The van der Waals surface area contributed by atoms with E-state index < -0.39 is 22.2 Å². The van der Waals surface area contributed by atoms with E-state index in [1.165, 1.54) is 6.26 Å². The summed E-state index contributed by atoms with van der Waals surface area (Å²) in [6.07, 6.45) is 0.186. The molecule has 11 heteroatoms. The van der Waals surface area contributed by atoms with E-state index in [-0.39, 0.29) is 5.54 Å². The molecule has 2 aliphatic heterocycles. The van der Waals surface area contributed by atoms with E-state index in [0.717, 1.165) is 32.2 Å². The third kappa shape index (κ3) is 5.32. The number of nitrogens with zero attached hydrogens (tertiary/aromatic N) is 3. The molecule has 0 bridgehead atoms. The van der Waals surface area contributed by atoms with Gasteiger partial charge in [0.2, 0.25) is 10.0 Å². The molecule has 0 aliphatic carbocycles. The summed E-state index contributed by atoms with van der Waals surface area (Å²) in [5, 5.41) is 16.0. The average molecular weight is 371 g/mol. The third-order valence-electron chi connectivity index (χ3n) is 4.23. The van der Waals surface area contributed by atoms with Crippen molar-refractivity contribution in [3.05, 3.63) is 0 Å². The second kappa shape index (κ2) is 7.67. The van der Waals surface area contributed by atoms with Gasteiger partial charge >= 0.3 is 12.1 Å². The molecule has 1 unspecified atom stereocenters. The molecule has 0 aromatic carbocycles. The van der Waals surface area contributed by atoms with Gasteiger partial charge in [-0.05, 0) is 32.2 Å². The summed E-state index contributed by atoms with van der Waals surface area (Å²) in [5.74, 6) is -2.76. The van der Waals surface area contributed by atoms with Crippen LogP contribution in [0.1, 0.15) is 25.7 Å². The van der Waals surface area contributed by atoms with Gasteiger partial charge in [0.05, 0.1) is 18.9 Å². The molecule has 2 heterocycles. The van der Waals surface area contributed by atoms with Crippen LogP contribution < -0.4 is 0 Å². The highest BCUT2D eigenvalue weighted by atomic mass is 32.2. The lowest BCUT2D eigenvalue weighted by Gasteiger charge is -2.44. The molecule has 2 fully saturated rings. The van der Waals surface area contributed by atoms with E-state index in [1.54, 1.807) is 4.31 Å². The lowest BCUT2D eigenvalue weighted by Crippen LogP contribution is -2.56. The summed E-state index contributed by atoms with van der Waals surface area (Å²) in [6, 6.07) is 2.19. The number of rotatable bonds is 2. The van der Waals surface area contributed by atoms with Crippen molar-refractivity contribution in [2.45, 2.75) is 37.4 Å².